The zero-order valence-corrected chi connectivity index (χ0v) is 8.40. The summed E-state index contributed by atoms with van der Waals surface area (Å²) in [7, 11) is 0. The van der Waals surface area contributed by atoms with Crippen LogP contribution in [0.3, 0.4) is 0 Å². The number of nitriles is 1. The minimum absolute atomic E-state index is 0.320. The van der Waals surface area contributed by atoms with Crippen molar-refractivity contribution in [2.45, 2.75) is 0 Å². The van der Waals surface area contributed by atoms with Gasteiger partial charge in [0.15, 0.2) is 6.19 Å². The molecule has 0 heterocycles. The Hall–Kier alpha value is -2.54. The number of fused-ring (bicyclic) bond motifs is 1. The maximum Gasteiger partial charge on any atom is 0.266 e. The van der Waals surface area contributed by atoms with Crippen LogP contribution in [-0.2, 0) is 0 Å². The summed E-state index contributed by atoms with van der Waals surface area (Å²) in [4.78, 5) is 11.5. The summed E-state index contributed by atoms with van der Waals surface area (Å²) in [5.74, 6) is -0.481. The molecule has 0 aliphatic rings. The van der Waals surface area contributed by atoms with Gasteiger partial charge < -0.3 is 5.73 Å². The Morgan fingerprint density at radius 3 is 2.50 bits per heavy atom. The molecule has 0 radical (unpaired) electrons. The third kappa shape index (κ3) is 1.66. The van der Waals surface area contributed by atoms with Gasteiger partial charge in [-0.25, -0.2) is 0 Å². The van der Waals surface area contributed by atoms with Crippen molar-refractivity contribution in [3.05, 3.63) is 42.0 Å². The molecule has 0 saturated carbocycles. The van der Waals surface area contributed by atoms with E-state index in [-0.39, 0.29) is 0 Å². The van der Waals surface area contributed by atoms with Crippen LogP contribution in [0.2, 0.25) is 0 Å². The number of nitrogens with one attached hydrogen (secondary N) is 1. The van der Waals surface area contributed by atoms with Gasteiger partial charge in [0, 0.05) is 5.69 Å². The van der Waals surface area contributed by atoms with Gasteiger partial charge in [-0.05, 0) is 22.9 Å². The van der Waals surface area contributed by atoms with Crippen molar-refractivity contribution in [2.75, 3.05) is 5.73 Å². The van der Waals surface area contributed by atoms with Gasteiger partial charge in [-0.2, -0.15) is 5.26 Å². The number of hydrogen-bond acceptors (Lipinski definition) is 3. The first kappa shape index (κ1) is 9.99. The molecule has 2 aromatic rings. The molecule has 0 unspecified atom stereocenters. The highest BCUT2D eigenvalue weighted by atomic mass is 16.1. The van der Waals surface area contributed by atoms with Crippen molar-refractivity contribution in [3.8, 4) is 6.19 Å². The number of carbonyl (C=O) groups is 1. The molecule has 0 aliphatic heterocycles. The fourth-order valence-electron chi connectivity index (χ4n) is 1.57. The average Bonchev–Trinajstić information content (AvgIpc) is 2.28. The van der Waals surface area contributed by atoms with E-state index in [9.17, 15) is 4.79 Å². The highest BCUT2D eigenvalue weighted by molar-refractivity contribution is 6.04. The van der Waals surface area contributed by atoms with E-state index in [0.29, 0.717) is 11.3 Å². The van der Waals surface area contributed by atoms with E-state index in [1.54, 1.807) is 18.3 Å². The van der Waals surface area contributed by atoms with Gasteiger partial charge in [-0.1, -0.05) is 24.3 Å². The Morgan fingerprint density at radius 2 is 1.88 bits per heavy atom. The summed E-state index contributed by atoms with van der Waals surface area (Å²) < 4.78 is 0. The van der Waals surface area contributed by atoms with Crippen LogP contribution in [0.1, 0.15) is 10.4 Å². The maximum atomic E-state index is 11.5. The second-order valence-corrected chi connectivity index (χ2v) is 3.35. The summed E-state index contributed by atoms with van der Waals surface area (Å²) in [6, 6.07) is 11.0. The van der Waals surface area contributed by atoms with Crippen LogP contribution < -0.4 is 11.1 Å². The Morgan fingerprint density at radius 1 is 1.25 bits per heavy atom. The van der Waals surface area contributed by atoms with E-state index >= 15 is 0 Å². The summed E-state index contributed by atoms with van der Waals surface area (Å²) in [5.41, 5.74) is 6.43. The highest BCUT2D eigenvalue weighted by Crippen LogP contribution is 2.21. The number of rotatable bonds is 1. The van der Waals surface area contributed by atoms with Crippen LogP contribution >= 0.6 is 0 Å². The van der Waals surface area contributed by atoms with E-state index in [1.165, 1.54) is 0 Å². The van der Waals surface area contributed by atoms with Crippen LogP contribution in [0.5, 0.6) is 0 Å². The molecule has 1 amide bonds. The summed E-state index contributed by atoms with van der Waals surface area (Å²) in [5, 5.41) is 12.3. The molecule has 0 saturated heterocycles. The van der Waals surface area contributed by atoms with Crippen molar-refractivity contribution in [2.24, 2.45) is 0 Å². The SMILES string of the molecule is N#CNC(=O)c1cc2ccccc2cc1N. The molecule has 0 aromatic heterocycles. The third-order valence-corrected chi connectivity index (χ3v) is 2.33. The van der Waals surface area contributed by atoms with E-state index in [1.807, 2.05) is 24.3 Å². The third-order valence-electron chi connectivity index (χ3n) is 2.33. The number of nitrogen functional groups attached to an aromatic ring is 1. The smallest absolute Gasteiger partial charge is 0.266 e. The van der Waals surface area contributed by atoms with Crippen LogP contribution in [0.25, 0.3) is 10.8 Å². The lowest BCUT2D eigenvalue weighted by Crippen LogP contribution is -2.18. The minimum Gasteiger partial charge on any atom is -0.398 e. The van der Waals surface area contributed by atoms with Gasteiger partial charge >= 0.3 is 0 Å². The second kappa shape index (κ2) is 3.91. The van der Waals surface area contributed by atoms with E-state index in [2.05, 4.69) is 5.32 Å². The lowest BCUT2D eigenvalue weighted by atomic mass is 10.0. The largest absolute Gasteiger partial charge is 0.398 e. The van der Waals surface area contributed by atoms with Crippen LogP contribution in [0.15, 0.2) is 36.4 Å². The molecular formula is C12H9N3O. The lowest BCUT2D eigenvalue weighted by Gasteiger charge is -2.05. The van der Waals surface area contributed by atoms with Crippen molar-refractivity contribution in [1.29, 1.82) is 5.26 Å². The van der Waals surface area contributed by atoms with Crippen molar-refractivity contribution in [1.82, 2.24) is 5.32 Å². The Balaban J connectivity index is 2.59. The Labute approximate surface area is 92.3 Å². The van der Waals surface area contributed by atoms with Crippen molar-refractivity contribution >= 4 is 22.4 Å². The monoisotopic (exact) mass is 211 g/mol. The molecule has 2 rings (SSSR count). The van der Waals surface area contributed by atoms with E-state index in [0.717, 1.165) is 10.8 Å². The van der Waals surface area contributed by atoms with Crippen LogP contribution in [0.4, 0.5) is 5.69 Å². The highest BCUT2D eigenvalue weighted by Gasteiger charge is 2.09. The molecule has 4 heteroatoms. The zero-order valence-electron chi connectivity index (χ0n) is 8.40. The van der Waals surface area contributed by atoms with Crippen LogP contribution in [0, 0.1) is 11.5 Å². The fourth-order valence-corrected chi connectivity index (χ4v) is 1.57. The molecular weight excluding hydrogens is 202 g/mol. The maximum absolute atomic E-state index is 11.5. The predicted molar refractivity (Wildman–Crippen MR) is 61.4 cm³/mol. The first-order valence-corrected chi connectivity index (χ1v) is 4.70. The molecule has 0 bridgehead atoms. The lowest BCUT2D eigenvalue weighted by molar-refractivity contribution is 0.0974. The summed E-state index contributed by atoms with van der Waals surface area (Å²) in [6.45, 7) is 0. The number of benzene rings is 2. The Kier molecular flexibility index (Phi) is 2.44. The summed E-state index contributed by atoms with van der Waals surface area (Å²) in [6.07, 6.45) is 1.59. The molecule has 2 aromatic carbocycles. The number of amides is 1. The molecule has 0 fully saturated rings. The molecule has 0 atom stereocenters. The van der Waals surface area contributed by atoms with E-state index < -0.39 is 5.91 Å². The predicted octanol–water partition coefficient (Wildman–Crippen LogP) is 1.63. The molecule has 3 N–H and O–H groups in total. The standard InChI is InChI=1S/C12H9N3O/c13-7-15-12(16)10-5-8-3-1-2-4-9(8)6-11(10)14/h1-6H,14H2,(H,15,16). The van der Waals surface area contributed by atoms with Gasteiger partial charge in [-0.3, -0.25) is 10.1 Å². The zero-order chi connectivity index (χ0) is 11.5. The topological polar surface area (TPSA) is 78.9 Å². The summed E-state index contributed by atoms with van der Waals surface area (Å²) >= 11 is 0. The number of nitrogens with two attached hydrogens (primary N) is 1. The molecule has 4 nitrogen and oxygen atoms in total. The molecule has 0 spiro atoms. The van der Waals surface area contributed by atoms with Gasteiger partial charge in [0.2, 0.25) is 0 Å². The molecule has 78 valence electrons. The number of nitrogens with zero attached hydrogens (tertiary/aromatic N) is 1. The van der Waals surface area contributed by atoms with Gasteiger partial charge in [0.25, 0.3) is 5.91 Å². The Bertz CT molecular complexity index is 599. The van der Waals surface area contributed by atoms with Crippen molar-refractivity contribution in [3.63, 3.8) is 0 Å². The first-order chi connectivity index (χ1) is 7.72. The minimum atomic E-state index is -0.481. The number of anilines is 1. The normalized spacial score (nSPS) is 9.69. The van der Waals surface area contributed by atoms with Crippen LogP contribution in [-0.4, -0.2) is 5.91 Å². The van der Waals surface area contributed by atoms with E-state index in [4.69, 9.17) is 11.0 Å². The molecule has 16 heavy (non-hydrogen) atoms. The van der Waals surface area contributed by atoms with Crippen molar-refractivity contribution < 1.29 is 4.79 Å². The first-order valence-electron chi connectivity index (χ1n) is 4.70. The van der Waals surface area contributed by atoms with Gasteiger partial charge in [0.05, 0.1) is 5.56 Å². The van der Waals surface area contributed by atoms with Gasteiger partial charge in [0.1, 0.15) is 0 Å². The average molecular weight is 211 g/mol. The fraction of sp³-hybridized carbons (Fsp3) is 0. The van der Waals surface area contributed by atoms with Gasteiger partial charge in [-0.15, -0.1) is 0 Å². The number of hydrogen-bond donors (Lipinski definition) is 2. The number of carbonyl (C=O) groups excluding carboxylic acids is 1. The molecule has 0 aliphatic carbocycles. The quantitative estimate of drug-likeness (QED) is 0.427. The second-order valence-electron chi connectivity index (χ2n) is 3.35.